The van der Waals surface area contributed by atoms with Gasteiger partial charge in [-0.05, 0) is 23.3 Å². The molecule has 1 N–H and O–H groups in total. The summed E-state index contributed by atoms with van der Waals surface area (Å²) in [5.74, 6) is 0. The molecule has 0 bridgehead atoms. The average Bonchev–Trinajstić information content (AvgIpc) is 2.83. The molecule has 2 heterocycles. The molecule has 2 aromatic carbocycles. The molecule has 1 aromatic heterocycles. The lowest BCUT2D eigenvalue weighted by atomic mass is 9.96. The van der Waals surface area contributed by atoms with E-state index in [1.54, 1.807) is 12.3 Å². The van der Waals surface area contributed by atoms with Crippen molar-refractivity contribution < 1.29 is 9.84 Å². The first-order valence-corrected chi connectivity index (χ1v) is 11.5. The maximum atomic E-state index is 10.4. The molecule has 1 aliphatic rings. The van der Waals surface area contributed by atoms with E-state index in [1.165, 1.54) is 11.1 Å². The SMILES string of the molecule is OC(COCc1ccc(Cl)cn1)CN1CCN(C(c2ccccc2)c2ccccc2)CC1. The highest BCUT2D eigenvalue weighted by atomic mass is 35.5. The van der Waals surface area contributed by atoms with Crippen LogP contribution in [-0.2, 0) is 11.3 Å². The van der Waals surface area contributed by atoms with Crippen LogP contribution in [0.1, 0.15) is 22.9 Å². The van der Waals surface area contributed by atoms with Crippen LogP contribution in [0.25, 0.3) is 0 Å². The molecular formula is C26H30ClN3O2. The van der Waals surface area contributed by atoms with Gasteiger partial charge in [0.2, 0.25) is 0 Å². The summed E-state index contributed by atoms with van der Waals surface area (Å²) in [6.45, 7) is 5.04. The standard InChI is InChI=1S/C26H30ClN3O2/c27-23-11-12-24(28-17-23)19-32-20-25(31)18-29-13-15-30(16-14-29)26(21-7-3-1-4-8-21)22-9-5-2-6-10-22/h1-12,17,25-26,31H,13-16,18-20H2. The Labute approximate surface area is 195 Å². The van der Waals surface area contributed by atoms with Gasteiger partial charge in [0, 0.05) is 38.9 Å². The number of aliphatic hydroxyl groups excluding tert-OH is 1. The highest BCUT2D eigenvalue weighted by Gasteiger charge is 2.27. The first-order valence-electron chi connectivity index (χ1n) is 11.1. The van der Waals surface area contributed by atoms with E-state index in [0.29, 0.717) is 24.8 Å². The van der Waals surface area contributed by atoms with E-state index in [1.807, 2.05) is 6.07 Å². The molecule has 0 saturated carbocycles. The molecule has 3 aromatic rings. The Morgan fingerprint density at radius 1 is 0.875 bits per heavy atom. The molecule has 6 heteroatoms. The summed E-state index contributed by atoms with van der Waals surface area (Å²) in [6, 6.07) is 25.3. The smallest absolute Gasteiger partial charge is 0.0900 e. The van der Waals surface area contributed by atoms with Crippen LogP contribution in [0.4, 0.5) is 0 Å². The number of halogens is 1. The molecule has 0 amide bonds. The average molecular weight is 452 g/mol. The third-order valence-corrected chi connectivity index (χ3v) is 6.04. The molecule has 1 atom stereocenters. The van der Waals surface area contributed by atoms with Gasteiger partial charge >= 0.3 is 0 Å². The van der Waals surface area contributed by atoms with E-state index in [4.69, 9.17) is 16.3 Å². The van der Waals surface area contributed by atoms with Gasteiger partial charge in [0.1, 0.15) is 0 Å². The molecule has 1 aliphatic heterocycles. The molecule has 1 unspecified atom stereocenters. The highest BCUT2D eigenvalue weighted by molar-refractivity contribution is 6.30. The summed E-state index contributed by atoms with van der Waals surface area (Å²) in [6.07, 6.45) is 1.09. The zero-order valence-corrected chi connectivity index (χ0v) is 18.9. The zero-order chi connectivity index (χ0) is 22.2. The predicted octanol–water partition coefficient (Wildman–Crippen LogP) is 4.02. The van der Waals surface area contributed by atoms with Gasteiger partial charge in [-0.25, -0.2) is 0 Å². The van der Waals surface area contributed by atoms with E-state index in [9.17, 15) is 5.11 Å². The Kier molecular flexibility index (Phi) is 8.26. The highest BCUT2D eigenvalue weighted by Crippen LogP contribution is 2.29. The third kappa shape index (κ3) is 6.37. The van der Waals surface area contributed by atoms with Crippen LogP contribution < -0.4 is 0 Å². The summed E-state index contributed by atoms with van der Waals surface area (Å²) in [7, 11) is 0. The van der Waals surface area contributed by atoms with E-state index in [2.05, 4.69) is 75.4 Å². The Morgan fingerprint density at radius 2 is 1.50 bits per heavy atom. The second kappa shape index (κ2) is 11.5. The van der Waals surface area contributed by atoms with Crippen molar-refractivity contribution in [2.45, 2.75) is 18.8 Å². The van der Waals surface area contributed by atoms with Gasteiger partial charge in [0.25, 0.3) is 0 Å². The van der Waals surface area contributed by atoms with E-state index >= 15 is 0 Å². The third-order valence-electron chi connectivity index (χ3n) is 5.82. The Bertz CT molecular complexity index is 893. The number of benzene rings is 2. The van der Waals surface area contributed by atoms with Crippen molar-refractivity contribution in [3.63, 3.8) is 0 Å². The molecule has 4 rings (SSSR count). The lowest BCUT2D eigenvalue weighted by Crippen LogP contribution is -2.50. The minimum absolute atomic E-state index is 0.250. The van der Waals surface area contributed by atoms with Gasteiger partial charge in [-0.15, -0.1) is 0 Å². The normalized spacial score (nSPS) is 16.3. The van der Waals surface area contributed by atoms with Crippen molar-refractivity contribution in [1.29, 1.82) is 0 Å². The summed E-state index contributed by atoms with van der Waals surface area (Å²) < 4.78 is 5.65. The zero-order valence-electron chi connectivity index (χ0n) is 18.2. The van der Waals surface area contributed by atoms with Crippen molar-refractivity contribution in [1.82, 2.24) is 14.8 Å². The van der Waals surface area contributed by atoms with Crippen molar-refractivity contribution in [2.75, 3.05) is 39.3 Å². The number of piperazine rings is 1. The second-order valence-corrected chi connectivity index (χ2v) is 8.63. The number of aliphatic hydroxyl groups is 1. The van der Waals surface area contributed by atoms with Gasteiger partial charge in [0.15, 0.2) is 0 Å². The molecule has 5 nitrogen and oxygen atoms in total. The first kappa shape index (κ1) is 22.9. The predicted molar refractivity (Wildman–Crippen MR) is 128 cm³/mol. The van der Waals surface area contributed by atoms with Gasteiger partial charge < -0.3 is 9.84 Å². The molecule has 0 aliphatic carbocycles. The number of aromatic nitrogens is 1. The van der Waals surface area contributed by atoms with Crippen LogP contribution in [0.2, 0.25) is 5.02 Å². The number of rotatable bonds is 9. The molecule has 0 radical (unpaired) electrons. The fraction of sp³-hybridized carbons (Fsp3) is 0.346. The molecule has 168 valence electrons. The summed E-state index contributed by atoms with van der Waals surface area (Å²) in [4.78, 5) is 9.07. The monoisotopic (exact) mass is 451 g/mol. The fourth-order valence-corrected chi connectivity index (χ4v) is 4.34. The van der Waals surface area contributed by atoms with Gasteiger partial charge in [-0.2, -0.15) is 0 Å². The van der Waals surface area contributed by atoms with Crippen molar-refractivity contribution in [3.8, 4) is 0 Å². The van der Waals surface area contributed by atoms with Crippen LogP contribution in [0, 0.1) is 0 Å². The van der Waals surface area contributed by atoms with Crippen LogP contribution in [0.5, 0.6) is 0 Å². The fourth-order valence-electron chi connectivity index (χ4n) is 4.23. The topological polar surface area (TPSA) is 48.8 Å². The lowest BCUT2D eigenvalue weighted by Gasteiger charge is -2.40. The molecule has 1 saturated heterocycles. The summed E-state index contributed by atoms with van der Waals surface area (Å²) in [5, 5.41) is 11.0. The number of hydrogen-bond acceptors (Lipinski definition) is 5. The van der Waals surface area contributed by atoms with Crippen molar-refractivity contribution in [2.24, 2.45) is 0 Å². The first-order chi connectivity index (χ1) is 15.7. The van der Waals surface area contributed by atoms with Crippen LogP contribution >= 0.6 is 11.6 Å². The van der Waals surface area contributed by atoms with Gasteiger partial charge in [0.05, 0.1) is 36.1 Å². The summed E-state index contributed by atoms with van der Waals surface area (Å²) >= 11 is 5.85. The largest absolute Gasteiger partial charge is 0.389 e. The van der Waals surface area contributed by atoms with Crippen LogP contribution in [-0.4, -0.2) is 65.3 Å². The minimum atomic E-state index is -0.520. The minimum Gasteiger partial charge on any atom is -0.389 e. The van der Waals surface area contributed by atoms with Crippen LogP contribution in [0.15, 0.2) is 79.0 Å². The Hall–Kier alpha value is -2.28. The molecule has 0 spiro atoms. The van der Waals surface area contributed by atoms with E-state index < -0.39 is 6.10 Å². The maximum absolute atomic E-state index is 10.4. The number of nitrogens with zero attached hydrogens (tertiary/aromatic N) is 3. The van der Waals surface area contributed by atoms with Gasteiger partial charge in [-0.3, -0.25) is 14.8 Å². The second-order valence-electron chi connectivity index (χ2n) is 8.20. The number of pyridine rings is 1. The Balaban J connectivity index is 1.27. The Morgan fingerprint density at radius 3 is 2.06 bits per heavy atom. The lowest BCUT2D eigenvalue weighted by molar-refractivity contribution is -0.00144. The van der Waals surface area contributed by atoms with E-state index in [0.717, 1.165) is 31.9 Å². The van der Waals surface area contributed by atoms with Gasteiger partial charge in [-0.1, -0.05) is 72.3 Å². The van der Waals surface area contributed by atoms with Crippen LogP contribution in [0.3, 0.4) is 0 Å². The number of ether oxygens (including phenoxy) is 1. The van der Waals surface area contributed by atoms with Crippen molar-refractivity contribution >= 4 is 11.6 Å². The molecule has 1 fully saturated rings. The molecular weight excluding hydrogens is 422 g/mol. The number of hydrogen-bond donors (Lipinski definition) is 1. The quantitative estimate of drug-likeness (QED) is 0.532. The summed E-state index contributed by atoms with van der Waals surface area (Å²) in [5.41, 5.74) is 3.44. The maximum Gasteiger partial charge on any atom is 0.0900 e. The van der Waals surface area contributed by atoms with E-state index in [-0.39, 0.29) is 6.04 Å². The molecule has 32 heavy (non-hydrogen) atoms. The number of β-amino-alcohol motifs (C(OH)–C–C–N with tert-alkyl or cyclic N) is 1. The van der Waals surface area contributed by atoms with Crippen molar-refractivity contribution in [3.05, 3.63) is 101 Å².